The summed E-state index contributed by atoms with van der Waals surface area (Å²) in [5.41, 5.74) is 4.07. The number of nitrogens with zero attached hydrogens (tertiary/aromatic N) is 6. The molecule has 0 aliphatic heterocycles. The van der Waals surface area contributed by atoms with Gasteiger partial charge >= 0.3 is 0 Å². The van der Waals surface area contributed by atoms with Crippen LogP contribution < -0.4 is 5.32 Å². The summed E-state index contributed by atoms with van der Waals surface area (Å²) in [6.07, 6.45) is 3.93. The predicted octanol–water partition coefficient (Wildman–Crippen LogP) is 3.71. The van der Waals surface area contributed by atoms with E-state index >= 15 is 0 Å². The highest BCUT2D eigenvalue weighted by atomic mass is 32.1. The highest BCUT2D eigenvalue weighted by Crippen LogP contribution is 2.21. The van der Waals surface area contributed by atoms with Crippen LogP contribution in [-0.4, -0.2) is 29.6 Å². The number of thiophene rings is 1. The summed E-state index contributed by atoms with van der Waals surface area (Å²) in [4.78, 5) is 0. The second-order valence-electron chi connectivity index (χ2n) is 6.41. The van der Waals surface area contributed by atoms with Gasteiger partial charge in [-0.25, -0.2) is 0 Å². The van der Waals surface area contributed by atoms with E-state index in [4.69, 9.17) is 0 Å². The van der Waals surface area contributed by atoms with Crippen LogP contribution in [0.5, 0.6) is 0 Å². The van der Waals surface area contributed by atoms with Crippen LogP contribution in [-0.2, 0) is 13.1 Å². The maximum absolute atomic E-state index is 4.64. The first-order valence-electron chi connectivity index (χ1n) is 8.89. The molecule has 138 valence electrons. The van der Waals surface area contributed by atoms with E-state index in [1.165, 1.54) is 5.56 Å². The van der Waals surface area contributed by atoms with E-state index < -0.39 is 0 Å². The minimum Gasteiger partial charge on any atom is -0.364 e. The van der Waals surface area contributed by atoms with E-state index in [0.717, 1.165) is 35.0 Å². The SMILES string of the molecule is c1ccc(Cn2cc(CNc3ccc4nnc(-c5ccsc5)n4n3)cn2)cc1. The van der Waals surface area contributed by atoms with Crippen LogP contribution in [0, 0.1) is 0 Å². The normalized spacial score (nSPS) is 11.1. The number of nitrogens with one attached hydrogen (secondary N) is 1. The molecule has 0 aliphatic rings. The Labute approximate surface area is 165 Å². The minimum absolute atomic E-state index is 0.642. The van der Waals surface area contributed by atoms with Crippen molar-refractivity contribution in [3.63, 3.8) is 0 Å². The van der Waals surface area contributed by atoms with E-state index in [1.807, 2.05) is 64.2 Å². The van der Waals surface area contributed by atoms with Gasteiger partial charge in [0.25, 0.3) is 0 Å². The third-order valence-corrected chi connectivity index (χ3v) is 5.07. The van der Waals surface area contributed by atoms with Crippen molar-refractivity contribution in [2.45, 2.75) is 13.1 Å². The maximum atomic E-state index is 4.64. The fourth-order valence-corrected chi connectivity index (χ4v) is 3.64. The van der Waals surface area contributed by atoms with Crippen LogP contribution in [0.25, 0.3) is 17.0 Å². The van der Waals surface area contributed by atoms with Gasteiger partial charge in [-0.05, 0) is 29.1 Å². The Balaban J connectivity index is 1.30. The quantitative estimate of drug-likeness (QED) is 0.481. The molecule has 0 radical (unpaired) electrons. The minimum atomic E-state index is 0.642. The molecule has 0 spiro atoms. The standard InChI is InChI=1S/C20H17N7S/c1-2-4-15(5-3-1)12-26-13-16(11-22-26)10-21-18-6-7-19-23-24-20(27(19)25-18)17-8-9-28-14-17/h1-9,11,13-14H,10,12H2,(H,21,25). The number of hydrogen-bond acceptors (Lipinski definition) is 6. The summed E-state index contributed by atoms with van der Waals surface area (Å²) in [6.45, 7) is 1.40. The largest absolute Gasteiger partial charge is 0.364 e. The molecule has 8 heteroatoms. The van der Waals surface area contributed by atoms with Crippen molar-refractivity contribution in [1.82, 2.24) is 29.6 Å². The van der Waals surface area contributed by atoms with Crippen molar-refractivity contribution in [1.29, 1.82) is 0 Å². The van der Waals surface area contributed by atoms with Crippen LogP contribution in [0.2, 0.25) is 0 Å². The van der Waals surface area contributed by atoms with E-state index in [0.29, 0.717) is 6.54 Å². The molecule has 0 bridgehead atoms. The molecular weight excluding hydrogens is 370 g/mol. The van der Waals surface area contributed by atoms with Crippen LogP contribution in [0.4, 0.5) is 5.82 Å². The third kappa shape index (κ3) is 3.37. The molecule has 5 rings (SSSR count). The number of fused-ring (bicyclic) bond motifs is 1. The summed E-state index contributed by atoms with van der Waals surface area (Å²) < 4.78 is 3.71. The molecule has 0 saturated heterocycles. The molecule has 0 fully saturated rings. The molecule has 0 atom stereocenters. The van der Waals surface area contributed by atoms with Crippen molar-refractivity contribution >= 4 is 22.8 Å². The lowest BCUT2D eigenvalue weighted by Crippen LogP contribution is -2.04. The summed E-state index contributed by atoms with van der Waals surface area (Å²) in [5.74, 6) is 1.51. The molecule has 4 heterocycles. The Hall–Kier alpha value is -3.52. The van der Waals surface area contributed by atoms with Crippen LogP contribution in [0.1, 0.15) is 11.1 Å². The predicted molar refractivity (Wildman–Crippen MR) is 109 cm³/mol. The average molecular weight is 387 g/mol. The Morgan fingerprint density at radius 3 is 2.75 bits per heavy atom. The fourth-order valence-electron chi connectivity index (χ4n) is 3.00. The monoisotopic (exact) mass is 387 g/mol. The van der Waals surface area contributed by atoms with Crippen molar-refractivity contribution in [2.75, 3.05) is 5.32 Å². The molecule has 1 aromatic carbocycles. The number of anilines is 1. The van der Waals surface area contributed by atoms with Crippen molar-refractivity contribution in [3.8, 4) is 11.4 Å². The van der Waals surface area contributed by atoms with E-state index in [2.05, 4.69) is 37.8 Å². The Morgan fingerprint density at radius 2 is 1.89 bits per heavy atom. The van der Waals surface area contributed by atoms with Gasteiger partial charge in [-0.15, -0.1) is 15.3 Å². The lowest BCUT2D eigenvalue weighted by atomic mass is 10.2. The van der Waals surface area contributed by atoms with Crippen molar-refractivity contribution < 1.29 is 0 Å². The topological polar surface area (TPSA) is 72.9 Å². The number of hydrogen-bond donors (Lipinski definition) is 1. The zero-order valence-corrected chi connectivity index (χ0v) is 15.8. The Kier molecular flexibility index (Phi) is 4.30. The Bertz CT molecular complexity index is 1190. The molecular formula is C20H17N7S. The van der Waals surface area contributed by atoms with Gasteiger partial charge in [0, 0.05) is 29.2 Å². The molecule has 5 aromatic rings. The summed E-state index contributed by atoms with van der Waals surface area (Å²) in [6, 6.07) is 16.1. The fraction of sp³-hybridized carbons (Fsp3) is 0.100. The van der Waals surface area contributed by atoms with Gasteiger partial charge in [-0.1, -0.05) is 30.3 Å². The second kappa shape index (κ2) is 7.24. The number of benzene rings is 1. The van der Waals surface area contributed by atoms with Crippen molar-refractivity contribution in [2.24, 2.45) is 0 Å². The van der Waals surface area contributed by atoms with Gasteiger partial charge in [0.15, 0.2) is 11.5 Å². The Morgan fingerprint density at radius 1 is 0.964 bits per heavy atom. The molecule has 0 amide bonds. The summed E-state index contributed by atoms with van der Waals surface area (Å²) in [7, 11) is 0. The van der Waals surface area contributed by atoms with Crippen LogP contribution in [0.15, 0.2) is 71.7 Å². The second-order valence-corrected chi connectivity index (χ2v) is 7.19. The van der Waals surface area contributed by atoms with E-state index in [-0.39, 0.29) is 0 Å². The number of aromatic nitrogens is 6. The zero-order chi connectivity index (χ0) is 18.8. The average Bonchev–Trinajstić information content (AvgIpc) is 3.47. The highest BCUT2D eigenvalue weighted by Gasteiger charge is 2.10. The van der Waals surface area contributed by atoms with Gasteiger partial charge in [-0.2, -0.15) is 21.0 Å². The third-order valence-electron chi connectivity index (χ3n) is 4.39. The highest BCUT2D eigenvalue weighted by molar-refractivity contribution is 7.08. The molecule has 28 heavy (non-hydrogen) atoms. The van der Waals surface area contributed by atoms with Gasteiger partial charge < -0.3 is 5.32 Å². The first-order valence-corrected chi connectivity index (χ1v) is 9.83. The smallest absolute Gasteiger partial charge is 0.186 e. The lowest BCUT2D eigenvalue weighted by molar-refractivity contribution is 0.686. The molecule has 0 unspecified atom stereocenters. The maximum Gasteiger partial charge on any atom is 0.186 e. The molecule has 0 saturated carbocycles. The zero-order valence-electron chi connectivity index (χ0n) is 14.9. The molecule has 4 aromatic heterocycles. The molecule has 0 aliphatic carbocycles. The molecule has 1 N–H and O–H groups in total. The van der Waals surface area contributed by atoms with Crippen molar-refractivity contribution in [3.05, 3.63) is 82.8 Å². The summed E-state index contributed by atoms with van der Waals surface area (Å²) in [5, 5.41) is 24.9. The molecule has 7 nitrogen and oxygen atoms in total. The van der Waals surface area contributed by atoms with Crippen LogP contribution >= 0.6 is 11.3 Å². The first kappa shape index (κ1) is 16.6. The lowest BCUT2D eigenvalue weighted by Gasteiger charge is -2.05. The van der Waals surface area contributed by atoms with E-state index in [1.54, 1.807) is 15.9 Å². The first-order chi connectivity index (χ1) is 13.8. The van der Waals surface area contributed by atoms with Gasteiger partial charge in [-0.3, -0.25) is 4.68 Å². The van der Waals surface area contributed by atoms with Crippen LogP contribution in [0.3, 0.4) is 0 Å². The summed E-state index contributed by atoms with van der Waals surface area (Å²) >= 11 is 1.63. The van der Waals surface area contributed by atoms with E-state index in [9.17, 15) is 0 Å². The van der Waals surface area contributed by atoms with Gasteiger partial charge in [0.2, 0.25) is 0 Å². The number of rotatable bonds is 6. The van der Waals surface area contributed by atoms with Gasteiger partial charge in [0.1, 0.15) is 5.82 Å². The van der Waals surface area contributed by atoms with Gasteiger partial charge in [0.05, 0.1) is 12.7 Å².